The number of hydrogen-bond acceptors (Lipinski definition) is 1. The minimum absolute atomic E-state index is 0.667. The molecular weight excluding hydrogens is 158 g/mol. The molecule has 11 heavy (non-hydrogen) atoms. The van der Waals surface area contributed by atoms with Gasteiger partial charge < -0.3 is 0 Å². The lowest BCUT2D eigenvalue weighted by Gasteiger charge is -2.06. The van der Waals surface area contributed by atoms with E-state index in [9.17, 15) is 0 Å². The number of benzene rings is 1. The molecule has 0 radical (unpaired) electrons. The Balaban J connectivity index is 2.84. The highest BCUT2D eigenvalue weighted by atomic mass is 32.2. The van der Waals surface area contributed by atoms with Crippen molar-refractivity contribution in [1.82, 2.24) is 0 Å². The van der Waals surface area contributed by atoms with Gasteiger partial charge in [0.25, 0.3) is 0 Å². The van der Waals surface area contributed by atoms with Gasteiger partial charge in [0.05, 0.1) is 0 Å². The summed E-state index contributed by atoms with van der Waals surface area (Å²) in [6.07, 6.45) is 1.93. The molecule has 4 heteroatoms. The summed E-state index contributed by atoms with van der Waals surface area (Å²) in [6.45, 7) is 0. The number of azide groups is 1. The first kappa shape index (κ1) is 7.98. The van der Waals surface area contributed by atoms with E-state index in [1.165, 1.54) is 0 Å². The molecule has 0 saturated carbocycles. The lowest BCUT2D eigenvalue weighted by atomic mass is 10.4. The van der Waals surface area contributed by atoms with E-state index >= 15 is 0 Å². The average molecular weight is 167 g/mol. The second-order valence-electron chi connectivity index (χ2n) is 2.04. The van der Waals surface area contributed by atoms with E-state index in [0.29, 0.717) is 0 Å². The second-order valence-corrected chi connectivity index (χ2v) is 3.78. The fourth-order valence-electron chi connectivity index (χ4n) is 0.755. The largest absolute Gasteiger partial charge is 0.148 e. The van der Waals surface area contributed by atoms with Gasteiger partial charge in [-0.15, -0.1) is 11.1 Å². The molecule has 1 unspecified atom stereocenters. The van der Waals surface area contributed by atoms with Gasteiger partial charge in [-0.05, 0) is 21.2 Å². The zero-order chi connectivity index (χ0) is 8.10. The summed E-state index contributed by atoms with van der Waals surface area (Å²) in [5.41, 5.74) is 8.17. The zero-order valence-electron chi connectivity index (χ0n) is 6.18. The molecule has 1 aromatic carbocycles. The van der Waals surface area contributed by atoms with E-state index in [1.54, 1.807) is 0 Å². The van der Waals surface area contributed by atoms with Crippen LogP contribution in [0.2, 0.25) is 0 Å². The molecule has 0 fully saturated rings. The van der Waals surface area contributed by atoms with Crippen LogP contribution in [0.3, 0.4) is 0 Å². The summed E-state index contributed by atoms with van der Waals surface area (Å²) < 4.78 is 3.64. The minimum atomic E-state index is -0.667. The summed E-state index contributed by atoms with van der Waals surface area (Å²) in [4.78, 5) is 3.88. The fourth-order valence-corrected chi connectivity index (χ4v) is 1.58. The summed E-state index contributed by atoms with van der Waals surface area (Å²) in [5.74, 6) is 0. The van der Waals surface area contributed by atoms with Crippen LogP contribution in [0.5, 0.6) is 0 Å². The predicted octanol–water partition coefficient (Wildman–Crippen LogP) is 2.90. The average Bonchev–Trinajstić information content (AvgIpc) is 2.07. The van der Waals surface area contributed by atoms with Crippen molar-refractivity contribution in [2.75, 3.05) is 6.26 Å². The van der Waals surface area contributed by atoms with Gasteiger partial charge in [0.2, 0.25) is 0 Å². The van der Waals surface area contributed by atoms with Crippen LogP contribution in [-0.2, 0) is 0 Å². The van der Waals surface area contributed by atoms with Gasteiger partial charge in [0.1, 0.15) is 0 Å². The molecule has 0 spiro atoms. The topological polar surface area (TPSA) is 48.8 Å². The van der Waals surface area contributed by atoms with Crippen molar-refractivity contribution in [3.05, 3.63) is 40.8 Å². The van der Waals surface area contributed by atoms with Crippen molar-refractivity contribution in [2.24, 2.45) is 4.52 Å². The highest BCUT2D eigenvalue weighted by Crippen LogP contribution is 2.32. The van der Waals surface area contributed by atoms with Crippen LogP contribution in [0.15, 0.2) is 39.7 Å². The Morgan fingerprint density at radius 2 is 2.00 bits per heavy atom. The first-order valence-electron chi connectivity index (χ1n) is 3.18. The molecule has 0 N–H and O–H groups in total. The van der Waals surface area contributed by atoms with E-state index in [4.69, 9.17) is 5.53 Å². The first-order valence-corrected chi connectivity index (χ1v) is 4.92. The van der Waals surface area contributed by atoms with E-state index in [2.05, 4.69) is 9.43 Å². The van der Waals surface area contributed by atoms with Crippen molar-refractivity contribution < 1.29 is 0 Å². The lowest BCUT2D eigenvalue weighted by Crippen LogP contribution is -1.73. The van der Waals surface area contributed by atoms with Crippen LogP contribution >= 0.6 is 11.1 Å². The van der Waals surface area contributed by atoms with Gasteiger partial charge in [-0.25, -0.2) is 0 Å². The van der Waals surface area contributed by atoms with Gasteiger partial charge in [-0.2, -0.15) is 0 Å². The van der Waals surface area contributed by atoms with Crippen LogP contribution in [0, 0.1) is 0 Å². The smallest absolute Gasteiger partial charge is 0.00943 e. The second kappa shape index (κ2) is 3.91. The van der Waals surface area contributed by atoms with E-state index < -0.39 is 11.1 Å². The maximum Gasteiger partial charge on any atom is 0.00943 e. The molecule has 0 bridgehead atoms. The predicted molar refractivity (Wildman–Crippen MR) is 48.8 cm³/mol. The summed E-state index contributed by atoms with van der Waals surface area (Å²) in [5, 5.41) is 0. The molecule has 1 rings (SSSR count). The van der Waals surface area contributed by atoms with Crippen molar-refractivity contribution in [3.8, 4) is 0 Å². The standard InChI is InChI=1S/C7H9N3S/c1-11(10-9-8)7-5-3-2-4-6-7/h2-6,11H,1H3. The maximum absolute atomic E-state index is 8.17. The third-order valence-electron chi connectivity index (χ3n) is 1.30. The fraction of sp³-hybridized carbons (Fsp3) is 0.143. The molecule has 0 heterocycles. The van der Waals surface area contributed by atoms with Crippen molar-refractivity contribution in [2.45, 2.75) is 4.90 Å². The van der Waals surface area contributed by atoms with Gasteiger partial charge in [-0.1, -0.05) is 30.3 Å². The minimum Gasteiger partial charge on any atom is -0.148 e. The maximum atomic E-state index is 8.17. The van der Waals surface area contributed by atoms with Crippen molar-refractivity contribution in [1.29, 1.82) is 0 Å². The molecule has 0 aliphatic carbocycles. The molecule has 1 aromatic rings. The van der Waals surface area contributed by atoms with Gasteiger partial charge in [0.15, 0.2) is 0 Å². The quantitative estimate of drug-likeness (QED) is 0.305. The first-order chi connectivity index (χ1) is 5.34. The van der Waals surface area contributed by atoms with Crippen LogP contribution in [0.1, 0.15) is 0 Å². The SMILES string of the molecule is C[SH](N=[N+]=[N-])c1ccccc1. The van der Waals surface area contributed by atoms with Crippen LogP contribution in [0.25, 0.3) is 10.4 Å². The van der Waals surface area contributed by atoms with Crippen LogP contribution < -0.4 is 0 Å². The molecule has 0 amide bonds. The Morgan fingerprint density at radius 3 is 2.55 bits per heavy atom. The molecule has 0 aliphatic rings. The molecular formula is C7H9N3S. The summed E-state index contributed by atoms with van der Waals surface area (Å²) in [6, 6.07) is 9.78. The lowest BCUT2D eigenvalue weighted by molar-refractivity contribution is 1.44. The Labute approximate surface area is 68.2 Å². The highest BCUT2D eigenvalue weighted by Gasteiger charge is 1.93. The Morgan fingerprint density at radius 1 is 1.36 bits per heavy atom. The van der Waals surface area contributed by atoms with Crippen molar-refractivity contribution in [3.63, 3.8) is 0 Å². The Bertz CT molecular complexity index is 266. The normalized spacial score (nSPS) is 13.4. The van der Waals surface area contributed by atoms with E-state index in [0.717, 1.165) is 4.90 Å². The van der Waals surface area contributed by atoms with Crippen LogP contribution in [0.4, 0.5) is 0 Å². The molecule has 0 aliphatic heterocycles. The Hall–Kier alpha value is -1.12. The number of rotatable bonds is 2. The van der Waals surface area contributed by atoms with Crippen molar-refractivity contribution >= 4 is 11.1 Å². The third kappa shape index (κ3) is 2.18. The van der Waals surface area contributed by atoms with Crippen LogP contribution in [-0.4, -0.2) is 6.26 Å². The number of thiol groups is 1. The Kier molecular flexibility index (Phi) is 2.83. The summed E-state index contributed by atoms with van der Waals surface area (Å²) in [7, 11) is 0. The molecule has 1 atom stereocenters. The van der Waals surface area contributed by atoms with E-state index in [1.807, 2.05) is 36.6 Å². The van der Waals surface area contributed by atoms with Gasteiger partial charge in [0, 0.05) is 4.91 Å². The molecule has 0 saturated heterocycles. The molecule has 58 valence electrons. The third-order valence-corrected chi connectivity index (χ3v) is 2.70. The number of nitrogens with zero attached hydrogens (tertiary/aromatic N) is 3. The molecule has 3 nitrogen and oxygen atoms in total. The van der Waals surface area contributed by atoms with Gasteiger partial charge >= 0.3 is 0 Å². The highest BCUT2D eigenvalue weighted by molar-refractivity contribution is 8.15. The molecule has 0 aromatic heterocycles. The number of hydrogen-bond donors (Lipinski definition) is 1. The summed E-state index contributed by atoms with van der Waals surface area (Å²) >= 11 is -0.667. The van der Waals surface area contributed by atoms with E-state index in [-0.39, 0.29) is 0 Å². The zero-order valence-corrected chi connectivity index (χ0v) is 7.07. The van der Waals surface area contributed by atoms with Gasteiger partial charge in [-0.3, -0.25) is 0 Å². The monoisotopic (exact) mass is 167 g/mol.